The molecule has 2 rings (SSSR count). The van der Waals surface area contributed by atoms with Gasteiger partial charge in [0.15, 0.2) is 11.6 Å². The van der Waals surface area contributed by atoms with Crippen molar-refractivity contribution in [1.29, 1.82) is 0 Å². The van der Waals surface area contributed by atoms with E-state index in [4.69, 9.17) is 5.73 Å². The monoisotopic (exact) mass is 219 g/mol. The summed E-state index contributed by atoms with van der Waals surface area (Å²) < 4.78 is 26.5. The van der Waals surface area contributed by atoms with E-state index in [9.17, 15) is 8.78 Å². The Morgan fingerprint density at radius 1 is 0.938 bits per heavy atom. The van der Waals surface area contributed by atoms with Gasteiger partial charge in [-0.25, -0.2) is 8.78 Å². The van der Waals surface area contributed by atoms with Gasteiger partial charge in [-0.1, -0.05) is 36.4 Å². The Kier molecular flexibility index (Phi) is 2.97. The molecule has 0 atom stereocenters. The minimum atomic E-state index is -0.833. The lowest BCUT2D eigenvalue weighted by atomic mass is 10.0. The summed E-state index contributed by atoms with van der Waals surface area (Å²) in [7, 11) is 0. The molecule has 0 saturated heterocycles. The Bertz CT molecular complexity index is 492. The molecule has 82 valence electrons. The molecule has 0 bridgehead atoms. The number of hydrogen-bond donors (Lipinski definition) is 1. The van der Waals surface area contributed by atoms with E-state index in [-0.39, 0.29) is 5.56 Å². The van der Waals surface area contributed by atoms with E-state index >= 15 is 0 Å². The third-order valence-corrected chi connectivity index (χ3v) is 2.45. The Morgan fingerprint density at radius 2 is 1.62 bits per heavy atom. The maximum atomic E-state index is 13.5. The lowest BCUT2D eigenvalue weighted by molar-refractivity contribution is 0.511. The van der Waals surface area contributed by atoms with E-state index < -0.39 is 11.6 Å². The van der Waals surface area contributed by atoms with Crippen molar-refractivity contribution in [2.45, 2.75) is 6.54 Å². The highest BCUT2D eigenvalue weighted by Crippen LogP contribution is 2.24. The molecule has 2 aromatic rings. The first-order valence-electron chi connectivity index (χ1n) is 4.96. The second-order valence-electron chi connectivity index (χ2n) is 3.50. The van der Waals surface area contributed by atoms with Crippen LogP contribution in [0.2, 0.25) is 0 Å². The average Bonchev–Trinajstić information content (AvgIpc) is 2.33. The minimum Gasteiger partial charge on any atom is -0.326 e. The van der Waals surface area contributed by atoms with Crippen molar-refractivity contribution in [1.82, 2.24) is 0 Å². The summed E-state index contributed by atoms with van der Waals surface area (Å²) in [5, 5.41) is 0. The highest BCUT2D eigenvalue weighted by molar-refractivity contribution is 5.64. The molecule has 2 aromatic carbocycles. The molecule has 0 fully saturated rings. The van der Waals surface area contributed by atoms with Gasteiger partial charge in [0.05, 0.1) is 0 Å². The van der Waals surface area contributed by atoms with Crippen molar-refractivity contribution in [3.8, 4) is 11.1 Å². The van der Waals surface area contributed by atoms with Crippen LogP contribution in [0.1, 0.15) is 5.56 Å². The van der Waals surface area contributed by atoms with Crippen LogP contribution in [0.4, 0.5) is 8.78 Å². The molecule has 0 heterocycles. The maximum Gasteiger partial charge on any atom is 0.166 e. The fraction of sp³-hybridized carbons (Fsp3) is 0.0769. The molecule has 0 aliphatic carbocycles. The van der Waals surface area contributed by atoms with E-state index in [1.165, 1.54) is 6.07 Å². The third-order valence-electron chi connectivity index (χ3n) is 2.45. The molecule has 1 nitrogen and oxygen atoms in total. The molecule has 0 aliphatic rings. The molecule has 0 aliphatic heterocycles. The highest BCUT2D eigenvalue weighted by Gasteiger charge is 2.08. The van der Waals surface area contributed by atoms with Gasteiger partial charge in [-0.2, -0.15) is 0 Å². The highest BCUT2D eigenvalue weighted by atomic mass is 19.2. The Balaban J connectivity index is 2.46. The van der Waals surface area contributed by atoms with E-state index in [1.807, 2.05) is 0 Å². The van der Waals surface area contributed by atoms with Gasteiger partial charge < -0.3 is 5.73 Å². The number of rotatable bonds is 2. The molecule has 0 saturated carbocycles. The van der Waals surface area contributed by atoms with E-state index in [0.29, 0.717) is 12.1 Å². The smallest absolute Gasteiger partial charge is 0.166 e. The van der Waals surface area contributed by atoms with E-state index in [0.717, 1.165) is 11.6 Å². The number of benzene rings is 2. The summed E-state index contributed by atoms with van der Waals surface area (Å²) in [6.07, 6.45) is 0. The van der Waals surface area contributed by atoms with Crippen LogP contribution in [0.25, 0.3) is 11.1 Å². The summed E-state index contributed by atoms with van der Waals surface area (Å²) in [5.41, 5.74) is 7.33. The molecule has 2 N–H and O–H groups in total. The van der Waals surface area contributed by atoms with Crippen LogP contribution >= 0.6 is 0 Å². The molecule has 0 aromatic heterocycles. The zero-order valence-corrected chi connectivity index (χ0v) is 8.58. The molecule has 0 radical (unpaired) electrons. The molecule has 0 unspecified atom stereocenters. The van der Waals surface area contributed by atoms with Gasteiger partial charge >= 0.3 is 0 Å². The summed E-state index contributed by atoms with van der Waals surface area (Å²) in [5.74, 6) is -1.65. The van der Waals surface area contributed by atoms with Crippen LogP contribution in [0, 0.1) is 11.6 Å². The summed E-state index contributed by atoms with van der Waals surface area (Å²) >= 11 is 0. The lowest BCUT2D eigenvalue weighted by Gasteiger charge is -2.05. The van der Waals surface area contributed by atoms with Crippen molar-refractivity contribution in [2.24, 2.45) is 5.73 Å². The normalized spacial score (nSPS) is 10.4. The molecule has 16 heavy (non-hydrogen) atoms. The fourth-order valence-corrected chi connectivity index (χ4v) is 1.55. The number of hydrogen-bond acceptors (Lipinski definition) is 1. The number of halogens is 2. The average molecular weight is 219 g/mol. The number of nitrogens with two attached hydrogens (primary N) is 1. The predicted octanol–water partition coefficient (Wildman–Crippen LogP) is 3.09. The Labute approximate surface area is 92.5 Å². The van der Waals surface area contributed by atoms with E-state index in [1.54, 1.807) is 30.3 Å². The van der Waals surface area contributed by atoms with Gasteiger partial charge in [-0.05, 0) is 17.2 Å². The molecule has 0 spiro atoms. The SMILES string of the molecule is NCc1ccc(-c2cccc(F)c2F)cc1. The van der Waals surface area contributed by atoms with Gasteiger partial charge in [-0.3, -0.25) is 0 Å². The summed E-state index contributed by atoms with van der Waals surface area (Å²) in [4.78, 5) is 0. The van der Waals surface area contributed by atoms with Crippen LogP contribution in [0.15, 0.2) is 42.5 Å². The van der Waals surface area contributed by atoms with Crippen molar-refractivity contribution in [3.05, 3.63) is 59.7 Å². The van der Waals surface area contributed by atoms with Crippen LogP contribution in [-0.4, -0.2) is 0 Å². The second-order valence-corrected chi connectivity index (χ2v) is 3.50. The van der Waals surface area contributed by atoms with Crippen molar-refractivity contribution in [2.75, 3.05) is 0 Å². The fourth-order valence-electron chi connectivity index (χ4n) is 1.55. The third kappa shape index (κ3) is 1.95. The molecular weight excluding hydrogens is 208 g/mol. The summed E-state index contributed by atoms with van der Waals surface area (Å²) in [6, 6.07) is 11.2. The zero-order valence-electron chi connectivity index (χ0n) is 8.58. The van der Waals surface area contributed by atoms with E-state index in [2.05, 4.69) is 0 Å². The van der Waals surface area contributed by atoms with Crippen LogP contribution in [0.3, 0.4) is 0 Å². The molecule has 3 heteroatoms. The minimum absolute atomic E-state index is 0.267. The van der Waals surface area contributed by atoms with Gasteiger partial charge in [0.2, 0.25) is 0 Å². The second kappa shape index (κ2) is 4.41. The predicted molar refractivity (Wildman–Crippen MR) is 59.7 cm³/mol. The molecule has 0 amide bonds. The van der Waals surface area contributed by atoms with Crippen LogP contribution < -0.4 is 5.73 Å². The van der Waals surface area contributed by atoms with Crippen molar-refractivity contribution < 1.29 is 8.78 Å². The van der Waals surface area contributed by atoms with Gasteiger partial charge in [0.25, 0.3) is 0 Å². The van der Waals surface area contributed by atoms with Crippen LogP contribution in [0.5, 0.6) is 0 Å². The molecular formula is C13H11F2N. The standard InChI is InChI=1S/C13H11F2N/c14-12-3-1-2-11(13(12)15)10-6-4-9(8-16)5-7-10/h1-7H,8,16H2. The zero-order chi connectivity index (χ0) is 11.5. The van der Waals surface area contributed by atoms with Crippen LogP contribution in [-0.2, 0) is 6.54 Å². The topological polar surface area (TPSA) is 26.0 Å². The lowest BCUT2D eigenvalue weighted by Crippen LogP contribution is -1.95. The Hall–Kier alpha value is -1.74. The quantitative estimate of drug-likeness (QED) is 0.825. The first-order valence-corrected chi connectivity index (χ1v) is 4.96. The first-order chi connectivity index (χ1) is 7.72. The van der Waals surface area contributed by atoms with Crippen molar-refractivity contribution >= 4 is 0 Å². The van der Waals surface area contributed by atoms with Gasteiger partial charge in [0.1, 0.15) is 0 Å². The Morgan fingerprint density at radius 3 is 2.25 bits per heavy atom. The van der Waals surface area contributed by atoms with Gasteiger partial charge in [-0.15, -0.1) is 0 Å². The first kappa shape index (κ1) is 10.8. The van der Waals surface area contributed by atoms with Crippen molar-refractivity contribution in [3.63, 3.8) is 0 Å². The summed E-state index contributed by atoms with van der Waals surface area (Å²) in [6.45, 7) is 0.436. The largest absolute Gasteiger partial charge is 0.326 e. The van der Waals surface area contributed by atoms with Gasteiger partial charge in [0, 0.05) is 12.1 Å². The maximum absolute atomic E-state index is 13.5.